The highest BCUT2D eigenvalue weighted by molar-refractivity contribution is 7.91. The van der Waals surface area contributed by atoms with Crippen molar-refractivity contribution in [1.29, 1.82) is 0 Å². The number of nitrogens with zero attached hydrogens (tertiary/aromatic N) is 4. The van der Waals surface area contributed by atoms with E-state index in [0.29, 0.717) is 47.7 Å². The van der Waals surface area contributed by atoms with E-state index in [9.17, 15) is 26.4 Å². The van der Waals surface area contributed by atoms with E-state index in [1.54, 1.807) is 129 Å². The molecular weight excluding hydrogens is 1110 g/mol. The van der Waals surface area contributed by atoms with Gasteiger partial charge in [-0.3, -0.25) is 0 Å². The average Bonchev–Trinajstić information content (AvgIpc) is 1.78. The number of methoxy groups -OCH3 is 4. The Balaban J connectivity index is 0.926. The van der Waals surface area contributed by atoms with Crippen molar-refractivity contribution in [3.8, 4) is 46.0 Å². The second-order valence-electron chi connectivity index (χ2n) is 20.9. The Hall–Kier alpha value is -8.04. The molecule has 0 atom stereocenters. The van der Waals surface area contributed by atoms with Gasteiger partial charge in [-0.05, 0) is 160 Å². The van der Waals surface area contributed by atoms with Gasteiger partial charge >= 0.3 is 11.9 Å². The number of pyridine rings is 2. The molecule has 8 rings (SSSR count). The number of carbonyl (C=O) groups is 2. The van der Waals surface area contributed by atoms with E-state index < -0.39 is 43.4 Å². The zero-order valence-corrected chi connectivity index (χ0v) is 50.9. The smallest absolute Gasteiger partial charge is 0.423 e. The number of fused-ring (bicyclic) bond motifs is 2. The maximum atomic E-state index is 14.7. The summed E-state index contributed by atoms with van der Waals surface area (Å²) in [5.41, 5.74) is 3.00. The lowest BCUT2D eigenvalue weighted by atomic mass is 10.1. The molecule has 4 aromatic heterocycles. The Labute approximate surface area is 492 Å². The van der Waals surface area contributed by atoms with Crippen LogP contribution < -0.4 is 37.9 Å². The molecule has 18 nitrogen and oxygen atoms in total. The van der Waals surface area contributed by atoms with Crippen molar-refractivity contribution < 1.29 is 64.3 Å². The van der Waals surface area contributed by atoms with Crippen molar-refractivity contribution in [2.24, 2.45) is 0 Å². The average molecular weight is 1190 g/mol. The van der Waals surface area contributed by atoms with E-state index in [2.05, 4.69) is 9.80 Å². The summed E-state index contributed by atoms with van der Waals surface area (Å²) in [5.74, 6) is -0.533. The molecule has 0 aliphatic heterocycles. The summed E-state index contributed by atoms with van der Waals surface area (Å²) >= 11 is 0. The Morgan fingerprint density at radius 2 is 0.845 bits per heavy atom. The van der Waals surface area contributed by atoms with Crippen LogP contribution in [0.5, 0.6) is 46.0 Å². The van der Waals surface area contributed by atoms with Gasteiger partial charge in [-0.2, -0.15) is 0 Å². The third-order valence-electron chi connectivity index (χ3n) is 14.4. The van der Waals surface area contributed by atoms with Gasteiger partial charge in [0.05, 0.1) is 62.5 Å². The first-order valence-electron chi connectivity index (χ1n) is 27.8. The summed E-state index contributed by atoms with van der Waals surface area (Å²) in [6.45, 7) is 11.0. The van der Waals surface area contributed by atoms with Crippen LogP contribution in [0.4, 0.5) is 0 Å². The lowest BCUT2D eigenvalue weighted by Gasteiger charge is -2.17. The van der Waals surface area contributed by atoms with Gasteiger partial charge in [-0.25, -0.2) is 26.4 Å². The second kappa shape index (κ2) is 27.6. The van der Waals surface area contributed by atoms with Crippen LogP contribution in [-0.2, 0) is 42.1 Å². The molecule has 4 heterocycles. The first-order chi connectivity index (χ1) is 40.3. The number of hydrogen-bond acceptors (Lipinski definition) is 16. The summed E-state index contributed by atoms with van der Waals surface area (Å²) in [6.07, 6.45) is 6.19. The minimum atomic E-state index is -4.31. The van der Waals surface area contributed by atoms with Gasteiger partial charge in [0.1, 0.15) is 11.5 Å². The van der Waals surface area contributed by atoms with Gasteiger partial charge in [0.25, 0.3) is 0 Å². The fourth-order valence-corrected chi connectivity index (χ4v) is 13.5. The third kappa shape index (κ3) is 14.0. The molecule has 0 saturated heterocycles. The lowest BCUT2D eigenvalue weighted by Crippen LogP contribution is -2.26. The summed E-state index contributed by atoms with van der Waals surface area (Å²) < 4.78 is 107. The van der Waals surface area contributed by atoms with E-state index in [0.717, 1.165) is 63.0 Å². The second-order valence-corrected chi connectivity index (χ2v) is 24.7. The molecule has 20 heteroatoms. The molecule has 0 aliphatic carbocycles. The number of hydrogen-bond donors (Lipinski definition) is 0. The number of sulfone groups is 2. The van der Waals surface area contributed by atoms with Gasteiger partial charge in [-0.1, -0.05) is 52.0 Å². The van der Waals surface area contributed by atoms with Crippen molar-refractivity contribution in [2.75, 3.05) is 81.9 Å². The van der Waals surface area contributed by atoms with Crippen LogP contribution >= 0.6 is 0 Å². The highest BCUT2D eigenvalue weighted by atomic mass is 32.2. The zero-order valence-electron chi connectivity index (χ0n) is 49.2. The Bertz CT molecular complexity index is 3570. The molecule has 0 spiro atoms. The Morgan fingerprint density at radius 1 is 0.476 bits per heavy atom. The molecule has 0 N–H and O–H groups in total. The van der Waals surface area contributed by atoms with Crippen LogP contribution in [0.2, 0.25) is 0 Å². The van der Waals surface area contributed by atoms with Gasteiger partial charge in [-0.15, -0.1) is 0 Å². The minimum Gasteiger partial charge on any atom is -0.494 e. The highest BCUT2D eigenvalue weighted by Crippen LogP contribution is 2.44. The van der Waals surface area contributed by atoms with Gasteiger partial charge in [0.15, 0.2) is 44.5 Å². The first-order valence-corrected chi connectivity index (χ1v) is 30.7. The molecular formula is C64H74N4O14S2. The quantitative estimate of drug-likeness (QED) is 0.0255. The minimum absolute atomic E-state index is 0.0290. The van der Waals surface area contributed by atoms with Crippen LogP contribution in [-0.4, -0.2) is 129 Å². The third-order valence-corrected chi connectivity index (χ3v) is 18.1. The molecule has 8 aromatic rings. The Morgan fingerprint density at radius 3 is 1.19 bits per heavy atom. The molecule has 0 unspecified atom stereocenters. The number of esters is 2. The molecule has 0 fully saturated rings. The zero-order chi connectivity index (χ0) is 60.3. The molecule has 84 heavy (non-hydrogen) atoms. The number of aromatic nitrogens is 2. The summed E-state index contributed by atoms with van der Waals surface area (Å²) in [5, 5.41) is -0.293. The maximum Gasteiger partial charge on any atom is 0.423 e. The molecule has 0 aliphatic rings. The molecule has 0 radical (unpaired) electrons. The Kier molecular flexibility index (Phi) is 20.4. The monoisotopic (exact) mass is 1190 g/mol. The fourth-order valence-electron chi connectivity index (χ4n) is 10.0. The first kappa shape index (κ1) is 62.0. The number of ether oxygens (including phenoxy) is 8. The van der Waals surface area contributed by atoms with E-state index >= 15 is 0 Å². The molecule has 0 bridgehead atoms. The van der Waals surface area contributed by atoms with Crippen molar-refractivity contribution in [2.45, 2.75) is 85.1 Å². The van der Waals surface area contributed by atoms with E-state index in [-0.39, 0.29) is 53.5 Å². The molecule has 4 aromatic carbocycles. The molecule has 446 valence electrons. The largest absolute Gasteiger partial charge is 0.494 e. The predicted molar refractivity (Wildman–Crippen MR) is 320 cm³/mol. The number of likely N-dealkylation sites (N-methyl/N-ethyl adjacent to an activating group) is 2. The molecule has 0 saturated carbocycles. The van der Waals surface area contributed by atoms with Gasteiger partial charge in [0, 0.05) is 49.7 Å². The summed E-state index contributed by atoms with van der Waals surface area (Å²) in [6, 6.07) is 33.8. The van der Waals surface area contributed by atoms with Crippen LogP contribution in [0, 0.1) is 0 Å². The van der Waals surface area contributed by atoms with Crippen molar-refractivity contribution in [1.82, 2.24) is 18.6 Å². The van der Waals surface area contributed by atoms with Crippen molar-refractivity contribution in [3.63, 3.8) is 0 Å². The van der Waals surface area contributed by atoms with Gasteiger partial charge < -0.3 is 56.5 Å². The SMILES string of the molecule is COc1ccc(CCN(C)CCCOc2ccc(S(=O)(=O)c3c(C(C)C)c(OC(=O)C(=O)Oc4c(C(C)C)c(S(=O)(=O)c5ccc(OCCCN(C)CCc6ccc(OC)c(OC)c6)cc5)n5ccccc45)c4ccccn34)cc2)cc1OC. The summed E-state index contributed by atoms with van der Waals surface area (Å²) in [4.78, 5) is 32.5. The maximum absolute atomic E-state index is 14.7. The van der Waals surface area contributed by atoms with Crippen LogP contribution in [0.15, 0.2) is 154 Å². The van der Waals surface area contributed by atoms with Crippen LogP contribution in [0.25, 0.3) is 11.0 Å². The van der Waals surface area contributed by atoms with Crippen LogP contribution in [0.1, 0.15) is 74.6 Å². The van der Waals surface area contributed by atoms with E-state index in [4.69, 9.17) is 37.9 Å². The number of benzene rings is 4. The normalized spacial score (nSPS) is 11.9. The van der Waals surface area contributed by atoms with E-state index in [1.165, 1.54) is 33.1 Å². The number of rotatable bonds is 28. The van der Waals surface area contributed by atoms with Crippen LogP contribution in [0.3, 0.4) is 0 Å². The topological polar surface area (TPSA) is 192 Å². The predicted octanol–water partition coefficient (Wildman–Crippen LogP) is 10.5. The van der Waals surface area contributed by atoms with E-state index in [1.807, 2.05) is 50.5 Å². The highest BCUT2D eigenvalue weighted by Gasteiger charge is 2.37. The summed E-state index contributed by atoms with van der Waals surface area (Å²) in [7, 11) is 1.92. The fraction of sp³-hybridized carbons (Fsp3) is 0.344. The molecule has 0 amide bonds. The van der Waals surface area contributed by atoms with Gasteiger partial charge in [0.2, 0.25) is 19.7 Å². The standard InChI is InChI=1S/C64H74N4O14S2/c1-43(2)57-59(51-17-11-13-35-67(51)61(57)83(71,72)49-25-21-47(22-26-49)79-39-15-33-65(5)37-31-45-19-29-53(75-7)55(41-45)77-9)81-63(69)64(70)82-60-52-18-12-14-36-68(52)62(58(60)44(3)4)84(73,74)50-27-23-48(24-28-50)80-40-16-34-66(6)38-32-46-20-30-54(76-8)56(42-46)78-10/h11-14,17-30,35-36,41-44H,15-16,31-34,37-40H2,1-10H3. The lowest BCUT2D eigenvalue weighted by molar-refractivity contribution is -0.156. The van der Waals surface area contributed by atoms with Crippen molar-refractivity contribution >= 4 is 42.6 Å². The number of carbonyl (C=O) groups excluding carboxylic acids is 2. The van der Waals surface area contributed by atoms with Crippen molar-refractivity contribution in [3.05, 3.63) is 156 Å².